The first-order valence-corrected chi connectivity index (χ1v) is 6.11. The summed E-state index contributed by atoms with van der Waals surface area (Å²) in [6, 6.07) is 4.90. The van der Waals surface area contributed by atoms with Crippen molar-refractivity contribution in [3.8, 4) is 0 Å². The lowest BCUT2D eigenvalue weighted by atomic mass is 9.93. The number of benzene rings is 1. The van der Waals surface area contributed by atoms with Crippen LogP contribution in [0.15, 0.2) is 12.1 Å². The third kappa shape index (κ3) is 3.32. The Balaban J connectivity index is 2.87. The van der Waals surface area contributed by atoms with E-state index in [0.717, 1.165) is 12.8 Å². The van der Waals surface area contributed by atoms with Crippen LogP contribution in [-0.2, 0) is 6.42 Å². The molecule has 0 saturated carbocycles. The highest BCUT2D eigenvalue weighted by molar-refractivity contribution is 5.37. The quantitative estimate of drug-likeness (QED) is 0.591. The molecule has 0 aromatic heterocycles. The molecule has 16 heavy (non-hydrogen) atoms. The van der Waals surface area contributed by atoms with E-state index >= 15 is 0 Å². The van der Waals surface area contributed by atoms with Gasteiger partial charge in [0.05, 0.1) is 0 Å². The van der Waals surface area contributed by atoms with Crippen LogP contribution in [0.5, 0.6) is 0 Å². The summed E-state index contributed by atoms with van der Waals surface area (Å²) in [5.41, 5.74) is 8.47. The summed E-state index contributed by atoms with van der Waals surface area (Å²) in [4.78, 5) is 0. The van der Waals surface area contributed by atoms with Crippen molar-refractivity contribution in [2.75, 3.05) is 0 Å². The van der Waals surface area contributed by atoms with Crippen molar-refractivity contribution in [1.82, 2.24) is 5.43 Å². The molecule has 90 valence electrons. The summed E-state index contributed by atoms with van der Waals surface area (Å²) in [6.07, 6.45) is 3.32. The molecule has 1 aromatic carbocycles. The van der Waals surface area contributed by atoms with Crippen LogP contribution >= 0.6 is 0 Å². The maximum Gasteiger partial charge on any atom is 0.0251 e. The molecule has 0 aliphatic carbocycles. The van der Waals surface area contributed by atoms with E-state index in [-0.39, 0.29) is 0 Å². The molecule has 0 spiro atoms. The average Bonchev–Trinajstić information content (AvgIpc) is 2.21. The molecule has 0 aliphatic heterocycles. The van der Waals surface area contributed by atoms with Crippen LogP contribution in [0.1, 0.15) is 42.0 Å². The molecule has 0 amide bonds. The van der Waals surface area contributed by atoms with Crippen molar-refractivity contribution in [2.45, 2.75) is 53.0 Å². The van der Waals surface area contributed by atoms with E-state index in [2.05, 4.69) is 45.3 Å². The molecule has 0 bridgehead atoms. The SMILES string of the molecule is CCCC(Cc1c(C)cc(C)cc1C)NN. The van der Waals surface area contributed by atoms with E-state index in [1.165, 1.54) is 28.7 Å². The third-order valence-corrected chi connectivity index (χ3v) is 3.16. The molecule has 1 rings (SSSR count). The fraction of sp³-hybridized carbons (Fsp3) is 0.571. The molecule has 2 heteroatoms. The van der Waals surface area contributed by atoms with Gasteiger partial charge in [-0.05, 0) is 50.3 Å². The summed E-state index contributed by atoms with van der Waals surface area (Å²) in [5.74, 6) is 5.59. The molecule has 0 aliphatic rings. The van der Waals surface area contributed by atoms with Gasteiger partial charge < -0.3 is 0 Å². The minimum absolute atomic E-state index is 0.394. The Kier molecular flexibility index (Phi) is 4.97. The molecule has 0 heterocycles. The molecule has 1 unspecified atom stereocenters. The summed E-state index contributed by atoms with van der Waals surface area (Å²) in [6.45, 7) is 8.72. The minimum atomic E-state index is 0.394. The molecule has 0 radical (unpaired) electrons. The van der Waals surface area contributed by atoms with Crippen molar-refractivity contribution in [1.29, 1.82) is 0 Å². The predicted octanol–water partition coefficient (Wildman–Crippen LogP) is 2.79. The van der Waals surface area contributed by atoms with Gasteiger partial charge in [0, 0.05) is 6.04 Å². The van der Waals surface area contributed by atoms with Crippen molar-refractivity contribution < 1.29 is 0 Å². The first kappa shape index (κ1) is 13.2. The zero-order chi connectivity index (χ0) is 12.1. The van der Waals surface area contributed by atoms with E-state index in [4.69, 9.17) is 5.84 Å². The molecule has 0 saturated heterocycles. The van der Waals surface area contributed by atoms with E-state index in [0.29, 0.717) is 6.04 Å². The van der Waals surface area contributed by atoms with E-state index in [1.54, 1.807) is 0 Å². The van der Waals surface area contributed by atoms with E-state index < -0.39 is 0 Å². The van der Waals surface area contributed by atoms with Crippen molar-refractivity contribution in [3.63, 3.8) is 0 Å². The topological polar surface area (TPSA) is 38.0 Å². The Hall–Kier alpha value is -0.860. The maximum absolute atomic E-state index is 5.59. The van der Waals surface area contributed by atoms with Crippen LogP contribution in [-0.4, -0.2) is 6.04 Å². The zero-order valence-corrected chi connectivity index (χ0v) is 10.9. The summed E-state index contributed by atoms with van der Waals surface area (Å²) < 4.78 is 0. The summed E-state index contributed by atoms with van der Waals surface area (Å²) in [7, 11) is 0. The third-order valence-electron chi connectivity index (χ3n) is 3.16. The van der Waals surface area contributed by atoms with E-state index in [1.807, 2.05) is 0 Å². The van der Waals surface area contributed by atoms with Crippen LogP contribution in [0, 0.1) is 20.8 Å². The summed E-state index contributed by atoms with van der Waals surface area (Å²) in [5, 5.41) is 0. The highest BCUT2D eigenvalue weighted by Crippen LogP contribution is 2.19. The van der Waals surface area contributed by atoms with Gasteiger partial charge >= 0.3 is 0 Å². The molecule has 3 N–H and O–H groups in total. The first-order valence-electron chi connectivity index (χ1n) is 6.11. The number of hydrazine groups is 1. The number of hydrogen-bond acceptors (Lipinski definition) is 2. The van der Waals surface area contributed by atoms with Gasteiger partial charge in [0.15, 0.2) is 0 Å². The zero-order valence-electron chi connectivity index (χ0n) is 10.9. The lowest BCUT2D eigenvalue weighted by molar-refractivity contribution is 0.484. The Labute approximate surface area is 99.2 Å². The lowest BCUT2D eigenvalue weighted by Gasteiger charge is -2.18. The Morgan fingerprint density at radius 2 is 1.75 bits per heavy atom. The standard InChI is InChI=1S/C14H24N2/c1-5-6-13(16-15)9-14-11(3)7-10(2)8-12(14)4/h7-8,13,16H,5-6,9,15H2,1-4H3. The van der Waals surface area contributed by atoms with Crippen LogP contribution in [0.25, 0.3) is 0 Å². The summed E-state index contributed by atoms with van der Waals surface area (Å²) >= 11 is 0. The Bertz CT molecular complexity index is 322. The van der Waals surface area contributed by atoms with Gasteiger partial charge in [-0.3, -0.25) is 11.3 Å². The second-order valence-electron chi connectivity index (χ2n) is 4.73. The Morgan fingerprint density at radius 1 is 1.19 bits per heavy atom. The minimum Gasteiger partial charge on any atom is -0.271 e. The van der Waals surface area contributed by atoms with Crippen molar-refractivity contribution in [3.05, 3.63) is 34.4 Å². The number of aryl methyl sites for hydroxylation is 3. The lowest BCUT2D eigenvalue weighted by Crippen LogP contribution is -2.36. The molecular weight excluding hydrogens is 196 g/mol. The van der Waals surface area contributed by atoms with Crippen molar-refractivity contribution in [2.24, 2.45) is 5.84 Å². The molecular formula is C14H24N2. The van der Waals surface area contributed by atoms with Gasteiger partial charge in [0.25, 0.3) is 0 Å². The molecule has 1 aromatic rings. The number of nitrogens with one attached hydrogen (secondary N) is 1. The van der Waals surface area contributed by atoms with Crippen LogP contribution in [0.3, 0.4) is 0 Å². The normalized spacial score (nSPS) is 12.8. The first-order chi connectivity index (χ1) is 7.58. The molecule has 2 nitrogen and oxygen atoms in total. The van der Waals surface area contributed by atoms with Crippen LogP contribution in [0.2, 0.25) is 0 Å². The second kappa shape index (κ2) is 6.02. The maximum atomic E-state index is 5.59. The van der Waals surface area contributed by atoms with Crippen molar-refractivity contribution >= 4 is 0 Å². The van der Waals surface area contributed by atoms with Gasteiger partial charge in [0.2, 0.25) is 0 Å². The smallest absolute Gasteiger partial charge is 0.0251 e. The highest BCUT2D eigenvalue weighted by atomic mass is 15.2. The second-order valence-corrected chi connectivity index (χ2v) is 4.73. The van der Waals surface area contributed by atoms with Gasteiger partial charge in [0.1, 0.15) is 0 Å². The van der Waals surface area contributed by atoms with Gasteiger partial charge in [-0.25, -0.2) is 0 Å². The number of nitrogens with two attached hydrogens (primary N) is 1. The highest BCUT2D eigenvalue weighted by Gasteiger charge is 2.10. The largest absolute Gasteiger partial charge is 0.271 e. The van der Waals surface area contributed by atoms with Crippen LogP contribution < -0.4 is 11.3 Å². The monoisotopic (exact) mass is 220 g/mol. The van der Waals surface area contributed by atoms with Gasteiger partial charge in [-0.2, -0.15) is 0 Å². The number of rotatable bonds is 5. The average molecular weight is 220 g/mol. The van der Waals surface area contributed by atoms with E-state index in [9.17, 15) is 0 Å². The molecule has 0 fully saturated rings. The fourth-order valence-electron chi connectivity index (χ4n) is 2.37. The van der Waals surface area contributed by atoms with Crippen LogP contribution in [0.4, 0.5) is 0 Å². The number of hydrogen-bond donors (Lipinski definition) is 2. The predicted molar refractivity (Wildman–Crippen MR) is 70.4 cm³/mol. The van der Waals surface area contributed by atoms with Gasteiger partial charge in [-0.15, -0.1) is 0 Å². The van der Waals surface area contributed by atoms with Gasteiger partial charge in [-0.1, -0.05) is 31.0 Å². The molecule has 1 atom stereocenters. The fourth-order valence-corrected chi connectivity index (χ4v) is 2.37. The Morgan fingerprint density at radius 3 is 2.19 bits per heavy atom.